The molecule has 0 atom stereocenters. The average Bonchev–Trinajstić information content (AvgIpc) is 2.62. The number of likely N-dealkylation sites (N-methyl/N-ethyl adjacent to an activating group) is 1. The molecule has 2 aromatic carbocycles. The first-order valence-corrected chi connectivity index (χ1v) is 9.20. The zero-order valence-corrected chi connectivity index (χ0v) is 15.6. The van der Waals surface area contributed by atoms with E-state index in [2.05, 4.69) is 29.3 Å². The van der Waals surface area contributed by atoms with E-state index in [0.717, 1.165) is 24.3 Å². The summed E-state index contributed by atoms with van der Waals surface area (Å²) in [6.45, 7) is 9.90. The van der Waals surface area contributed by atoms with E-state index in [1.807, 2.05) is 25.1 Å². The van der Waals surface area contributed by atoms with Crippen LogP contribution in [0.2, 0.25) is 5.02 Å². The van der Waals surface area contributed by atoms with E-state index in [1.165, 1.54) is 25.3 Å². The molecule has 0 aromatic heterocycles. The number of quaternary nitrogens is 1. The number of carbonyl (C=O) groups excluding carboxylic acids is 1. The first-order chi connectivity index (χ1) is 12.1. The Balaban J connectivity index is 1.63. The molecule has 4 nitrogen and oxygen atoms in total. The van der Waals surface area contributed by atoms with E-state index in [0.29, 0.717) is 10.6 Å². The molecule has 1 aliphatic heterocycles. The lowest BCUT2D eigenvalue weighted by molar-refractivity contribution is -0.898. The second-order valence-corrected chi connectivity index (χ2v) is 6.98. The number of nitrogens with one attached hydrogen (secondary N) is 2. The van der Waals surface area contributed by atoms with Gasteiger partial charge in [-0.3, -0.25) is 4.79 Å². The molecular weight excluding hydrogens is 334 g/mol. The topological polar surface area (TPSA) is 36.8 Å². The highest BCUT2D eigenvalue weighted by atomic mass is 35.5. The first kappa shape index (κ1) is 17.8. The summed E-state index contributed by atoms with van der Waals surface area (Å²) in [5.41, 5.74) is 3.52. The third-order valence-corrected chi connectivity index (χ3v) is 5.14. The molecule has 1 heterocycles. The number of carbonyl (C=O) groups is 1. The number of hydrogen-bond donors (Lipinski definition) is 2. The van der Waals surface area contributed by atoms with E-state index in [4.69, 9.17) is 11.6 Å². The summed E-state index contributed by atoms with van der Waals surface area (Å²) in [6.07, 6.45) is 0. The monoisotopic (exact) mass is 358 g/mol. The van der Waals surface area contributed by atoms with Gasteiger partial charge in [-0.1, -0.05) is 17.7 Å². The number of rotatable bonds is 4. The number of hydrogen-bond acceptors (Lipinski definition) is 2. The highest BCUT2D eigenvalue weighted by molar-refractivity contribution is 6.34. The summed E-state index contributed by atoms with van der Waals surface area (Å²) in [7, 11) is 0. The van der Waals surface area contributed by atoms with Gasteiger partial charge in [0.15, 0.2) is 0 Å². The highest BCUT2D eigenvalue weighted by Crippen LogP contribution is 2.21. The van der Waals surface area contributed by atoms with Crippen molar-refractivity contribution >= 4 is 28.9 Å². The van der Waals surface area contributed by atoms with Gasteiger partial charge < -0.3 is 15.1 Å². The van der Waals surface area contributed by atoms with Gasteiger partial charge >= 0.3 is 0 Å². The molecule has 2 aromatic rings. The lowest BCUT2D eigenvalue weighted by Crippen LogP contribution is -3.14. The van der Waals surface area contributed by atoms with Crippen LogP contribution in [0.25, 0.3) is 0 Å². The molecule has 3 rings (SSSR count). The number of piperazine rings is 1. The molecule has 5 heteroatoms. The van der Waals surface area contributed by atoms with Gasteiger partial charge in [0, 0.05) is 11.4 Å². The van der Waals surface area contributed by atoms with Gasteiger partial charge in [-0.25, -0.2) is 0 Å². The molecule has 2 N–H and O–H groups in total. The highest BCUT2D eigenvalue weighted by Gasteiger charge is 2.18. The van der Waals surface area contributed by atoms with Crippen molar-refractivity contribution in [2.75, 3.05) is 42.9 Å². The third-order valence-electron chi connectivity index (χ3n) is 4.83. The van der Waals surface area contributed by atoms with Crippen LogP contribution in [0.15, 0.2) is 42.5 Å². The summed E-state index contributed by atoms with van der Waals surface area (Å²) in [4.78, 5) is 16.5. The molecular formula is C20H25ClN3O+. The number of benzene rings is 2. The zero-order valence-electron chi connectivity index (χ0n) is 14.8. The fourth-order valence-corrected chi connectivity index (χ4v) is 3.51. The van der Waals surface area contributed by atoms with Crippen LogP contribution in [0.3, 0.4) is 0 Å². The summed E-state index contributed by atoms with van der Waals surface area (Å²) in [5.74, 6) is -0.182. The standard InChI is InChI=1S/C20H24ClN3O/c1-3-23-10-12-24(13-11-23)17-7-5-16(6-8-17)22-20(25)18-9-4-15(2)14-19(18)21/h4-9,14H,3,10-13H2,1-2H3,(H,22,25)/p+1. The van der Waals surface area contributed by atoms with Crippen molar-refractivity contribution in [2.45, 2.75) is 13.8 Å². The first-order valence-electron chi connectivity index (χ1n) is 8.83. The van der Waals surface area contributed by atoms with Crippen LogP contribution in [-0.2, 0) is 0 Å². The second kappa shape index (κ2) is 7.89. The van der Waals surface area contributed by atoms with E-state index >= 15 is 0 Å². The van der Waals surface area contributed by atoms with Crippen molar-refractivity contribution in [1.29, 1.82) is 0 Å². The molecule has 0 radical (unpaired) electrons. The van der Waals surface area contributed by atoms with Crippen molar-refractivity contribution in [3.63, 3.8) is 0 Å². The van der Waals surface area contributed by atoms with Crippen molar-refractivity contribution in [3.05, 3.63) is 58.6 Å². The van der Waals surface area contributed by atoms with Crippen LogP contribution in [0.1, 0.15) is 22.8 Å². The zero-order chi connectivity index (χ0) is 17.8. The summed E-state index contributed by atoms with van der Waals surface area (Å²) in [5, 5.41) is 3.40. The van der Waals surface area contributed by atoms with E-state index in [1.54, 1.807) is 17.0 Å². The summed E-state index contributed by atoms with van der Waals surface area (Å²) in [6, 6.07) is 13.5. The maximum absolute atomic E-state index is 12.4. The van der Waals surface area contributed by atoms with Crippen LogP contribution in [0, 0.1) is 6.92 Å². The molecule has 1 amide bonds. The van der Waals surface area contributed by atoms with Gasteiger partial charge in [0.05, 0.1) is 43.3 Å². The van der Waals surface area contributed by atoms with Crippen LogP contribution in [0.4, 0.5) is 11.4 Å². The van der Waals surface area contributed by atoms with Crippen LogP contribution >= 0.6 is 11.6 Å². The normalized spacial score (nSPS) is 15.2. The minimum Gasteiger partial charge on any atom is -0.360 e. The molecule has 0 spiro atoms. The van der Waals surface area contributed by atoms with Gasteiger partial charge in [0.2, 0.25) is 0 Å². The molecule has 0 unspecified atom stereocenters. The molecule has 25 heavy (non-hydrogen) atoms. The molecule has 1 aliphatic rings. The van der Waals surface area contributed by atoms with Gasteiger partial charge in [-0.2, -0.15) is 0 Å². The van der Waals surface area contributed by atoms with Crippen molar-refractivity contribution in [3.8, 4) is 0 Å². The Morgan fingerprint density at radius 2 is 1.84 bits per heavy atom. The minimum atomic E-state index is -0.182. The van der Waals surface area contributed by atoms with Crippen molar-refractivity contribution in [2.24, 2.45) is 0 Å². The summed E-state index contributed by atoms with van der Waals surface area (Å²) < 4.78 is 0. The number of nitrogens with zero attached hydrogens (tertiary/aromatic N) is 1. The Labute approximate surface area is 154 Å². The van der Waals surface area contributed by atoms with E-state index in [9.17, 15) is 4.79 Å². The fourth-order valence-electron chi connectivity index (χ4n) is 3.19. The Bertz CT molecular complexity index is 737. The maximum Gasteiger partial charge on any atom is 0.257 e. The largest absolute Gasteiger partial charge is 0.360 e. The van der Waals surface area contributed by atoms with Crippen LogP contribution in [0.5, 0.6) is 0 Å². The Hall–Kier alpha value is -2.04. The quantitative estimate of drug-likeness (QED) is 0.881. The van der Waals surface area contributed by atoms with Crippen LogP contribution < -0.4 is 15.1 Å². The molecule has 0 saturated carbocycles. The van der Waals surface area contributed by atoms with Crippen molar-refractivity contribution < 1.29 is 9.69 Å². The Kier molecular flexibility index (Phi) is 5.61. The van der Waals surface area contributed by atoms with Gasteiger partial charge in [-0.15, -0.1) is 0 Å². The predicted octanol–water partition coefficient (Wildman–Crippen LogP) is 2.63. The molecule has 0 bridgehead atoms. The third kappa shape index (κ3) is 4.33. The van der Waals surface area contributed by atoms with Gasteiger partial charge in [0.25, 0.3) is 5.91 Å². The number of halogens is 1. The molecule has 1 saturated heterocycles. The smallest absolute Gasteiger partial charge is 0.257 e. The lowest BCUT2D eigenvalue weighted by Gasteiger charge is -2.33. The summed E-state index contributed by atoms with van der Waals surface area (Å²) >= 11 is 6.17. The SMILES string of the molecule is CC[NH+]1CCN(c2ccc(NC(=O)c3ccc(C)cc3Cl)cc2)CC1. The van der Waals surface area contributed by atoms with Crippen LogP contribution in [-0.4, -0.2) is 38.6 Å². The lowest BCUT2D eigenvalue weighted by atomic mass is 10.1. The Morgan fingerprint density at radius 3 is 2.44 bits per heavy atom. The van der Waals surface area contributed by atoms with Crippen molar-refractivity contribution in [1.82, 2.24) is 0 Å². The number of anilines is 2. The average molecular weight is 359 g/mol. The molecule has 132 valence electrons. The number of aryl methyl sites for hydroxylation is 1. The molecule has 1 fully saturated rings. The molecule has 0 aliphatic carbocycles. The minimum absolute atomic E-state index is 0.182. The predicted molar refractivity (Wildman–Crippen MR) is 104 cm³/mol. The van der Waals surface area contributed by atoms with E-state index < -0.39 is 0 Å². The fraction of sp³-hybridized carbons (Fsp3) is 0.350. The van der Waals surface area contributed by atoms with Gasteiger partial charge in [0.1, 0.15) is 0 Å². The van der Waals surface area contributed by atoms with E-state index in [-0.39, 0.29) is 5.91 Å². The number of amides is 1. The maximum atomic E-state index is 12.4. The Morgan fingerprint density at radius 1 is 1.16 bits per heavy atom. The second-order valence-electron chi connectivity index (χ2n) is 6.57. The van der Waals surface area contributed by atoms with Gasteiger partial charge in [-0.05, 0) is 55.8 Å².